The van der Waals surface area contributed by atoms with Crippen molar-refractivity contribution in [2.24, 2.45) is 5.92 Å². The summed E-state index contributed by atoms with van der Waals surface area (Å²) in [5.74, 6) is -0.756. The number of nitrogens with zero attached hydrogens (tertiary/aromatic N) is 2. The van der Waals surface area contributed by atoms with Gasteiger partial charge in [-0.25, -0.2) is 17.9 Å². The van der Waals surface area contributed by atoms with Gasteiger partial charge in [-0.05, 0) is 57.2 Å². The molecule has 0 radical (unpaired) electrons. The molecule has 1 aromatic rings. The third-order valence-corrected chi connectivity index (χ3v) is 8.41. The van der Waals surface area contributed by atoms with Gasteiger partial charge in [0.25, 0.3) is 11.8 Å². The average Bonchev–Trinajstić information content (AvgIpc) is 3.02. The fourth-order valence-corrected chi connectivity index (χ4v) is 6.19. The number of urea groups is 1. The van der Waals surface area contributed by atoms with Crippen molar-refractivity contribution in [3.05, 3.63) is 29.8 Å². The van der Waals surface area contributed by atoms with Crippen molar-refractivity contribution in [3.63, 3.8) is 0 Å². The summed E-state index contributed by atoms with van der Waals surface area (Å²) in [5, 5.41) is 3.60. The monoisotopic (exact) mass is 491 g/mol. The van der Waals surface area contributed by atoms with Crippen molar-refractivity contribution in [1.82, 2.24) is 25.4 Å². The first-order valence-corrected chi connectivity index (χ1v) is 13.4. The van der Waals surface area contributed by atoms with Gasteiger partial charge in [0.15, 0.2) is 0 Å². The van der Waals surface area contributed by atoms with E-state index in [-0.39, 0.29) is 29.8 Å². The number of carbonyl (C=O) groups is 3. The third kappa shape index (κ3) is 5.42. The van der Waals surface area contributed by atoms with Crippen LogP contribution in [0.3, 0.4) is 0 Å². The van der Waals surface area contributed by atoms with Crippen molar-refractivity contribution in [2.45, 2.75) is 62.3 Å². The van der Waals surface area contributed by atoms with E-state index in [1.165, 1.54) is 0 Å². The van der Waals surface area contributed by atoms with Crippen LogP contribution in [0.2, 0.25) is 0 Å². The summed E-state index contributed by atoms with van der Waals surface area (Å²) < 4.78 is 27.8. The molecule has 1 spiro atoms. The van der Waals surface area contributed by atoms with Crippen LogP contribution in [0.15, 0.2) is 29.2 Å². The number of aryl methyl sites for hydroxylation is 1. The molecule has 11 heteroatoms. The van der Waals surface area contributed by atoms with Gasteiger partial charge in [0, 0.05) is 13.1 Å². The van der Waals surface area contributed by atoms with E-state index in [2.05, 4.69) is 15.5 Å². The highest BCUT2D eigenvalue weighted by Crippen LogP contribution is 2.33. The molecule has 186 valence electrons. The molecule has 2 saturated heterocycles. The SMILES string of the molecule is Cc1ccc(S(=O)(=O)NCC2CCCN(CC(=O)NN3C(=O)NC4(CCCCC4)C3=O)C2)cc1. The van der Waals surface area contributed by atoms with Crippen molar-refractivity contribution < 1.29 is 22.8 Å². The second-order valence-corrected chi connectivity index (χ2v) is 11.4. The van der Waals surface area contributed by atoms with Gasteiger partial charge in [-0.1, -0.05) is 37.0 Å². The van der Waals surface area contributed by atoms with Crippen LogP contribution in [0.25, 0.3) is 0 Å². The van der Waals surface area contributed by atoms with Gasteiger partial charge >= 0.3 is 6.03 Å². The van der Waals surface area contributed by atoms with Crippen molar-refractivity contribution >= 4 is 27.9 Å². The molecular weight excluding hydrogens is 458 g/mol. The van der Waals surface area contributed by atoms with E-state index in [0.29, 0.717) is 25.9 Å². The molecule has 2 heterocycles. The minimum absolute atomic E-state index is 0.0330. The molecule has 2 aliphatic heterocycles. The molecule has 3 aliphatic rings. The van der Waals surface area contributed by atoms with E-state index < -0.39 is 27.5 Å². The normalized spacial score (nSPS) is 23.2. The summed E-state index contributed by atoms with van der Waals surface area (Å²) in [6.45, 7) is 3.46. The molecule has 3 fully saturated rings. The fourth-order valence-electron chi connectivity index (χ4n) is 5.07. The zero-order valence-corrected chi connectivity index (χ0v) is 20.3. The molecule has 1 unspecified atom stereocenters. The van der Waals surface area contributed by atoms with Crippen LogP contribution >= 0.6 is 0 Å². The number of sulfonamides is 1. The number of carbonyl (C=O) groups excluding carboxylic acids is 3. The fraction of sp³-hybridized carbons (Fsp3) is 0.609. The maximum Gasteiger partial charge on any atom is 0.344 e. The summed E-state index contributed by atoms with van der Waals surface area (Å²) in [6.07, 6.45) is 5.65. The van der Waals surface area contributed by atoms with Crippen LogP contribution in [0.1, 0.15) is 50.5 Å². The highest BCUT2D eigenvalue weighted by molar-refractivity contribution is 7.89. The smallest absolute Gasteiger partial charge is 0.322 e. The zero-order valence-electron chi connectivity index (χ0n) is 19.5. The van der Waals surface area contributed by atoms with Gasteiger partial charge in [0.05, 0.1) is 11.4 Å². The lowest BCUT2D eigenvalue weighted by Gasteiger charge is -2.32. The summed E-state index contributed by atoms with van der Waals surface area (Å²) in [7, 11) is -3.60. The first-order valence-electron chi connectivity index (χ1n) is 11.9. The van der Waals surface area contributed by atoms with Crippen LogP contribution in [-0.4, -0.2) is 67.9 Å². The van der Waals surface area contributed by atoms with Crippen LogP contribution < -0.4 is 15.5 Å². The van der Waals surface area contributed by atoms with Crippen molar-refractivity contribution in [2.75, 3.05) is 26.2 Å². The standard InChI is InChI=1S/C23H33N5O5S/c1-17-7-9-19(10-8-17)34(32,33)24-14-18-6-5-13-27(15-18)16-20(29)26-28-21(30)23(25-22(28)31)11-3-2-4-12-23/h7-10,18,24H,2-6,11-16H2,1H3,(H,25,31)(H,26,29). The van der Waals surface area contributed by atoms with Crippen molar-refractivity contribution in [1.29, 1.82) is 0 Å². The largest absolute Gasteiger partial charge is 0.344 e. The second kappa shape index (κ2) is 10.0. The maximum absolute atomic E-state index is 12.8. The Morgan fingerprint density at radius 3 is 2.53 bits per heavy atom. The first kappa shape index (κ1) is 24.6. The summed E-state index contributed by atoms with van der Waals surface area (Å²) in [5.41, 5.74) is 2.58. The highest BCUT2D eigenvalue weighted by atomic mass is 32.2. The number of nitrogens with one attached hydrogen (secondary N) is 3. The number of rotatable bonds is 7. The molecule has 3 N–H and O–H groups in total. The molecule has 4 rings (SSSR count). The van der Waals surface area contributed by atoms with Gasteiger partial charge in [-0.15, -0.1) is 0 Å². The van der Waals surface area contributed by atoms with E-state index in [9.17, 15) is 22.8 Å². The topological polar surface area (TPSA) is 128 Å². The van der Waals surface area contributed by atoms with Gasteiger partial charge < -0.3 is 5.32 Å². The lowest BCUT2D eigenvalue weighted by atomic mass is 9.82. The number of likely N-dealkylation sites (tertiary alicyclic amines) is 1. The average molecular weight is 492 g/mol. The van der Waals surface area contributed by atoms with Gasteiger partial charge in [-0.2, -0.15) is 5.01 Å². The summed E-state index contributed by atoms with van der Waals surface area (Å²) in [6, 6.07) is 6.11. The Labute approximate surface area is 200 Å². The molecule has 1 aliphatic carbocycles. The number of hydrogen-bond donors (Lipinski definition) is 3. The van der Waals surface area contributed by atoms with E-state index in [1.807, 2.05) is 11.8 Å². The van der Waals surface area contributed by atoms with E-state index in [1.54, 1.807) is 24.3 Å². The molecule has 1 atom stereocenters. The Kier molecular flexibility index (Phi) is 7.25. The Balaban J connectivity index is 1.27. The quantitative estimate of drug-likeness (QED) is 0.493. The van der Waals surface area contributed by atoms with Crippen LogP contribution in [-0.2, 0) is 19.6 Å². The highest BCUT2D eigenvalue weighted by Gasteiger charge is 2.52. The van der Waals surface area contributed by atoms with Crippen LogP contribution in [0.4, 0.5) is 4.79 Å². The Morgan fingerprint density at radius 1 is 1.12 bits per heavy atom. The Morgan fingerprint density at radius 2 is 1.82 bits per heavy atom. The molecule has 0 aromatic heterocycles. The van der Waals surface area contributed by atoms with E-state index >= 15 is 0 Å². The molecule has 1 aromatic carbocycles. The van der Waals surface area contributed by atoms with E-state index in [0.717, 1.165) is 42.7 Å². The molecule has 34 heavy (non-hydrogen) atoms. The minimum Gasteiger partial charge on any atom is -0.322 e. The number of imide groups is 1. The lowest BCUT2D eigenvalue weighted by Crippen LogP contribution is -2.53. The number of hydrazine groups is 1. The van der Waals surface area contributed by atoms with Gasteiger partial charge in [0.1, 0.15) is 5.54 Å². The van der Waals surface area contributed by atoms with Crippen molar-refractivity contribution in [3.8, 4) is 0 Å². The second-order valence-electron chi connectivity index (χ2n) is 9.66. The molecular formula is C23H33N5O5S. The summed E-state index contributed by atoms with van der Waals surface area (Å²) >= 11 is 0. The first-order chi connectivity index (χ1) is 16.2. The molecule has 10 nitrogen and oxygen atoms in total. The number of amides is 4. The number of hydrogen-bond acceptors (Lipinski definition) is 6. The van der Waals surface area contributed by atoms with Gasteiger partial charge in [-0.3, -0.25) is 19.9 Å². The van der Waals surface area contributed by atoms with Crippen LogP contribution in [0.5, 0.6) is 0 Å². The predicted molar refractivity (Wildman–Crippen MR) is 125 cm³/mol. The number of piperidine rings is 1. The zero-order chi connectivity index (χ0) is 24.3. The minimum atomic E-state index is -3.60. The van der Waals surface area contributed by atoms with Gasteiger partial charge in [0.2, 0.25) is 10.0 Å². The summed E-state index contributed by atoms with van der Waals surface area (Å²) in [4.78, 5) is 40.0. The molecule has 4 amide bonds. The lowest BCUT2D eigenvalue weighted by molar-refractivity contribution is -0.140. The van der Waals surface area contributed by atoms with E-state index in [4.69, 9.17) is 0 Å². The molecule has 0 bridgehead atoms. The van der Waals surface area contributed by atoms with Crippen LogP contribution in [0, 0.1) is 12.8 Å². The maximum atomic E-state index is 12.8. The third-order valence-electron chi connectivity index (χ3n) is 6.97. The molecule has 1 saturated carbocycles. The Hall–Kier alpha value is -2.50. The number of benzene rings is 1. The predicted octanol–water partition coefficient (Wildman–Crippen LogP) is 1.27. The Bertz CT molecular complexity index is 1040.